The molecule has 0 bridgehead atoms. The van der Waals surface area contributed by atoms with Crippen molar-refractivity contribution in [3.05, 3.63) is 23.5 Å². The lowest BCUT2D eigenvalue weighted by Gasteiger charge is -2.06. The number of hydrogen-bond acceptors (Lipinski definition) is 4. The predicted octanol–water partition coefficient (Wildman–Crippen LogP) is 0.752. The summed E-state index contributed by atoms with van der Waals surface area (Å²) < 4.78 is 25.9. The van der Waals surface area contributed by atoms with Gasteiger partial charge in [-0.05, 0) is 31.5 Å². The van der Waals surface area contributed by atoms with Gasteiger partial charge in [0.05, 0.1) is 4.90 Å². The van der Waals surface area contributed by atoms with Crippen LogP contribution in [-0.2, 0) is 10.0 Å². The van der Waals surface area contributed by atoms with Crippen LogP contribution >= 0.6 is 11.6 Å². The number of unbranched alkanes of at least 4 members (excludes halogenated alkanes) is 1. The summed E-state index contributed by atoms with van der Waals surface area (Å²) >= 11 is 5.61. The maximum Gasteiger partial charge on any atom is 0.240 e. The normalized spacial score (nSPS) is 11.6. The molecule has 5 nitrogen and oxygen atoms in total. The van der Waals surface area contributed by atoms with Gasteiger partial charge in [0.1, 0.15) is 5.15 Å². The average Bonchev–Trinajstić information content (AvgIpc) is 2.24. The van der Waals surface area contributed by atoms with Crippen molar-refractivity contribution in [2.24, 2.45) is 5.73 Å². The summed E-state index contributed by atoms with van der Waals surface area (Å²) in [6, 6.07) is 2.71. The lowest BCUT2D eigenvalue weighted by molar-refractivity contribution is 0.577. The van der Waals surface area contributed by atoms with Gasteiger partial charge in [-0.2, -0.15) is 0 Å². The SMILES string of the molecule is NCCCCNS(=O)(=O)c1ccnc(Cl)c1. The molecule has 90 valence electrons. The molecule has 0 radical (unpaired) electrons. The Balaban J connectivity index is 2.64. The fourth-order valence-corrected chi connectivity index (χ4v) is 2.44. The van der Waals surface area contributed by atoms with Crippen molar-refractivity contribution in [2.75, 3.05) is 13.1 Å². The fourth-order valence-electron chi connectivity index (χ4n) is 1.11. The van der Waals surface area contributed by atoms with Gasteiger partial charge in [-0.25, -0.2) is 18.1 Å². The second kappa shape index (κ2) is 6.15. The van der Waals surface area contributed by atoms with Crippen LogP contribution in [0.3, 0.4) is 0 Å². The van der Waals surface area contributed by atoms with Gasteiger partial charge in [-0.15, -0.1) is 0 Å². The van der Waals surface area contributed by atoms with Crippen molar-refractivity contribution in [1.29, 1.82) is 0 Å². The summed E-state index contributed by atoms with van der Waals surface area (Å²) in [7, 11) is -3.48. The zero-order valence-electron chi connectivity index (χ0n) is 8.69. The molecule has 0 saturated heterocycles. The zero-order chi connectivity index (χ0) is 12.0. The fraction of sp³-hybridized carbons (Fsp3) is 0.444. The average molecular weight is 264 g/mol. The minimum Gasteiger partial charge on any atom is -0.330 e. The highest BCUT2D eigenvalue weighted by Crippen LogP contribution is 2.12. The number of pyridine rings is 1. The van der Waals surface area contributed by atoms with Gasteiger partial charge in [0.25, 0.3) is 0 Å². The van der Waals surface area contributed by atoms with Crippen LogP contribution in [0.15, 0.2) is 23.2 Å². The van der Waals surface area contributed by atoms with Crippen LogP contribution in [0.4, 0.5) is 0 Å². The van der Waals surface area contributed by atoms with Crippen molar-refractivity contribution < 1.29 is 8.42 Å². The number of sulfonamides is 1. The zero-order valence-corrected chi connectivity index (χ0v) is 10.3. The third-order valence-electron chi connectivity index (χ3n) is 1.93. The van der Waals surface area contributed by atoms with E-state index < -0.39 is 10.0 Å². The van der Waals surface area contributed by atoms with E-state index in [2.05, 4.69) is 9.71 Å². The topological polar surface area (TPSA) is 85.1 Å². The first kappa shape index (κ1) is 13.4. The summed E-state index contributed by atoms with van der Waals surface area (Å²) in [5.74, 6) is 0. The standard InChI is InChI=1S/C9H14ClN3O2S/c10-9-7-8(3-6-12-9)16(14,15)13-5-2-1-4-11/h3,6-7,13H,1-2,4-5,11H2. The van der Waals surface area contributed by atoms with Crippen LogP contribution in [0, 0.1) is 0 Å². The van der Waals surface area contributed by atoms with Gasteiger partial charge >= 0.3 is 0 Å². The Morgan fingerprint density at radius 3 is 2.81 bits per heavy atom. The van der Waals surface area contributed by atoms with E-state index in [0.717, 1.165) is 6.42 Å². The summed E-state index contributed by atoms with van der Waals surface area (Å²) in [6.07, 6.45) is 2.87. The number of aromatic nitrogens is 1. The number of nitrogens with one attached hydrogen (secondary N) is 1. The molecule has 0 fully saturated rings. The van der Waals surface area contributed by atoms with E-state index in [9.17, 15) is 8.42 Å². The van der Waals surface area contributed by atoms with Crippen LogP contribution in [0.2, 0.25) is 5.15 Å². The number of rotatable bonds is 6. The first-order valence-electron chi connectivity index (χ1n) is 4.87. The number of hydrogen-bond donors (Lipinski definition) is 2. The van der Waals surface area contributed by atoms with E-state index in [1.54, 1.807) is 0 Å². The Bertz CT molecular complexity index is 436. The van der Waals surface area contributed by atoms with Crippen molar-refractivity contribution >= 4 is 21.6 Å². The number of nitrogens with two attached hydrogens (primary N) is 1. The first-order chi connectivity index (χ1) is 7.56. The maximum absolute atomic E-state index is 11.7. The molecule has 1 aromatic heterocycles. The smallest absolute Gasteiger partial charge is 0.240 e. The monoisotopic (exact) mass is 263 g/mol. The van der Waals surface area contributed by atoms with Gasteiger partial charge in [0, 0.05) is 12.7 Å². The second-order valence-electron chi connectivity index (χ2n) is 3.21. The Kier molecular flexibility index (Phi) is 5.14. The van der Waals surface area contributed by atoms with Crippen molar-refractivity contribution in [3.8, 4) is 0 Å². The van der Waals surface area contributed by atoms with Crippen LogP contribution in [-0.4, -0.2) is 26.5 Å². The molecule has 0 saturated carbocycles. The molecule has 1 rings (SSSR count). The molecule has 0 amide bonds. The van der Waals surface area contributed by atoms with Gasteiger partial charge in [0.15, 0.2) is 0 Å². The Labute approximate surface area is 100 Å². The van der Waals surface area contributed by atoms with E-state index in [1.165, 1.54) is 18.3 Å². The van der Waals surface area contributed by atoms with E-state index >= 15 is 0 Å². The van der Waals surface area contributed by atoms with Gasteiger partial charge in [0.2, 0.25) is 10.0 Å². The lowest BCUT2D eigenvalue weighted by atomic mass is 10.3. The lowest BCUT2D eigenvalue weighted by Crippen LogP contribution is -2.25. The van der Waals surface area contributed by atoms with E-state index in [-0.39, 0.29) is 10.0 Å². The van der Waals surface area contributed by atoms with E-state index in [0.29, 0.717) is 19.5 Å². The molecule has 7 heteroatoms. The molecule has 0 atom stereocenters. The minimum atomic E-state index is -3.48. The Morgan fingerprint density at radius 1 is 1.44 bits per heavy atom. The molecule has 0 aliphatic rings. The maximum atomic E-state index is 11.7. The van der Waals surface area contributed by atoms with Gasteiger partial charge < -0.3 is 5.73 Å². The number of nitrogens with zero attached hydrogens (tertiary/aromatic N) is 1. The third-order valence-corrected chi connectivity index (χ3v) is 3.60. The van der Waals surface area contributed by atoms with Crippen molar-refractivity contribution in [3.63, 3.8) is 0 Å². The molecule has 0 aliphatic heterocycles. The van der Waals surface area contributed by atoms with Crippen LogP contribution in [0.1, 0.15) is 12.8 Å². The Morgan fingerprint density at radius 2 is 2.19 bits per heavy atom. The summed E-state index contributed by atoms with van der Waals surface area (Å²) in [5.41, 5.74) is 5.31. The molecule has 0 aliphatic carbocycles. The van der Waals surface area contributed by atoms with E-state index in [4.69, 9.17) is 17.3 Å². The van der Waals surface area contributed by atoms with Crippen molar-refractivity contribution in [2.45, 2.75) is 17.7 Å². The van der Waals surface area contributed by atoms with Crippen LogP contribution < -0.4 is 10.5 Å². The second-order valence-corrected chi connectivity index (χ2v) is 5.36. The quantitative estimate of drug-likeness (QED) is 0.586. The van der Waals surface area contributed by atoms with Crippen LogP contribution in [0.5, 0.6) is 0 Å². The first-order valence-corrected chi connectivity index (χ1v) is 6.73. The molecule has 16 heavy (non-hydrogen) atoms. The van der Waals surface area contributed by atoms with E-state index in [1.807, 2.05) is 0 Å². The summed E-state index contributed by atoms with van der Waals surface area (Å²) in [5, 5.41) is 0.157. The summed E-state index contributed by atoms with van der Waals surface area (Å²) in [4.78, 5) is 3.84. The molecule has 1 heterocycles. The molecular weight excluding hydrogens is 250 g/mol. The molecular formula is C9H14ClN3O2S. The molecule has 0 spiro atoms. The number of halogens is 1. The van der Waals surface area contributed by atoms with Gasteiger partial charge in [-0.1, -0.05) is 11.6 Å². The third kappa shape index (κ3) is 4.05. The summed E-state index contributed by atoms with van der Waals surface area (Å²) in [6.45, 7) is 0.933. The van der Waals surface area contributed by atoms with Gasteiger partial charge in [-0.3, -0.25) is 0 Å². The predicted molar refractivity (Wildman–Crippen MR) is 62.7 cm³/mol. The van der Waals surface area contributed by atoms with Crippen LogP contribution in [0.25, 0.3) is 0 Å². The molecule has 3 N–H and O–H groups in total. The molecule has 1 aromatic rings. The molecule has 0 aromatic carbocycles. The molecule has 0 unspecified atom stereocenters. The highest BCUT2D eigenvalue weighted by atomic mass is 35.5. The minimum absolute atomic E-state index is 0.125. The highest BCUT2D eigenvalue weighted by molar-refractivity contribution is 7.89. The Hall–Kier alpha value is -0.690. The van der Waals surface area contributed by atoms with Crippen molar-refractivity contribution in [1.82, 2.24) is 9.71 Å². The largest absolute Gasteiger partial charge is 0.330 e. The highest BCUT2D eigenvalue weighted by Gasteiger charge is 2.13.